The lowest BCUT2D eigenvalue weighted by atomic mass is 9.74. The molecule has 1 amide bonds. The number of ketones is 1. The number of amides is 1. The van der Waals surface area contributed by atoms with E-state index in [0.717, 1.165) is 5.56 Å². The van der Waals surface area contributed by atoms with Crippen molar-refractivity contribution in [1.82, 2.24) is 10.2 Å². The van der Waals surface area contributed by atoms with Crippen LogP contribution >= 0.6 is 0 Å². The number of benzene rings is 1. The van der Waals surface area contributed by atoms with Crippen molar-refractivity contribution in [2.45, 2.75) is 210 Å². The van der Waals surface area contributed by atoms with Crippen LogP contribution in [0.25, 0.3) is 0 Å². The second-order valence-corrected chi connectivity index (χ2v) is 24.9. The van der Waals surface area contributed by atoms with Crippen molar-refractivity contribution in [2.24, 2.45) is 23.7 Å². The van der Waals surface area contributed by atoms with Gasteiger partial charge in [-0.2, -0.15) is 0 Å². The van der Waals surface area contributed by atoms with Crippen LogP contribution in [0.4, 0.5) is 4.39 Å². The van der Waals surface area contributed by atoms with E-state index in [4.69, 9.17) is 37.9 Å². The highest BCUT2D eigenvalue weighted by atomic mass is 32.2. The molecule has 4 fully saturated rings. The Labute approximate surface area is 444 Å². The number of nitrogens with zero attached hydrogens (tertiary/aromatic N) is 1. The highest BCUT2D eigenvalue weighted by Crippen LogP contribution is 2.42. The maximum atomic E-state index is 14.7. The van der Waals surface area contributed by atoms with Crippen molar-refractivity contribution in [3.05, 3.63) is 35.4 Å². The van der Waals surface area contributed by atoms with Crippen molar-refractivity contribution >= 4 is 27.5 Å². The van der Waals surface area contributed by atoms with Gasteiger partial charge in [0.05, 0.1) is 65.2 Å². The van der Waals surface area contributed by atoms with E-state index in [0.29, 0.717) is 18.4 Å². The molecule has 1 aromatic rings. The van der Waals surface area contributed by atoms with Crippen molar-refractivity contribution in [2.75, 3.05) is 53.1 Å². The van der Waals surface area contributed by atoms with E-state index >= 15 is 0 Å². The van der Waals surface area contributed by atoms with Crippen LogP contribution in [0.3, 0.4) is 0 Å². The van der Waals surface area contributed by atoms with E-state index in [2.05, 4.69) is 5.32 Å². The number of ether oxygens (including phenoxy) is 8. The Kier molecular flexibility index (Phi) is 21.9. The van der Waals surface area contributed by atoms with Gasteiger partial charge in [-0.1, -0.05) is 52.0 Å². The molecule has 4 heterocycles. The summed E-state index contributed by atoms with van der Waals surface area (Å²) in [6, 6.07) is 5.49. The minimum Gasteiger partial charge on any atom is -0.459 e. The smallest absolute Gasteiger partial charge is 0.311 e. The Hall–Kier alpha value is -2.77. The van der Waals surface area contributed by atoms with Crippen LogP contribution in [0.5, 0.6) is 0 Å². The normalized spacial score (nSPS) is 41.1. The number of sulfone groups is 1. The standard InChI is InChI=1S/C54H89FN2O17S/c1-15-40-54(10,64)47(61)31(4)43(59)29(2)25-53(9,69-14)49(32(5)45(33(6)50(63)72-40)73-42-26-52(8,68-13)48(62)34(7)71-42)74-51-44(60)39(24-30(3)70-51)57(11)22-20-41(58)56-38(27-55)46(67-12)36-18-16-35(17-19-36)37-21-23-75(65,66)28-37/h16-19,29-34,37-40,42,44-49,51,60-62,64H,15,20-28H2,1-14H3,(H,56,58)/t29-,30-,31+,32+,33-,34+,37?,38-,39+,40-,42+,44-,45+,46-,47-,48+,49-,51+,52?,53?,54?/m1/s1. The maximum Gasteiger partial charge on any atom is 0.311 e. The topological polar surface area (TPSA) is 255 Å². The number of hydrogen-bond donors (Lipinski definition) is 5. The first-order valence-electron chi connectivity index (χ1n) is 26.6. The number of aliphatic hydroxyl groups is 4. The molecule has 4 aliphatic rings. The van der Waals surface area contributed by atoms with Gasteiger partial charge in [0.2, 0.25) is 5.91 Å². The van der Waals surface area contributed by atoms with Crippen molar-refractivity contribution in [3.63, 3.8) is 0 Å². The number of aliphatic hydroxyl groups excluding tert-OH is 3. The minimum atomic E-state index is -3.09. The fraction of sp³-hybridized carbons (Fsp3) is 0.833. The highest BCUT2D eigenvalue weighted by Gasteiger charge is 2.54. The number of carbonyl (C=O) groups excluding carboxylic acids is 3. The quantitative estimate of drug-likeness (QED) is 0.139. The lowest BCUT2D eigenvalue weighted by Crippen LogP contribution is -2.61. The number of carbonyl (C=O) groups is 3. The number of esters is 1. The van der Waals surface area contributed by atoms with Crippen LogP contribution in [0.15, 0.2) is 24.3 Å². The zero-order chi connectivity index (χ0) is 56.1. The molecule has 0 spiro atoms. The second kappa shape index (κ2) is 26.0. The molecule has 0 aromatic heterocycles. The summed E-state index contributed by atoms with van der Waals surface area (Å²) in [7, 11) is 3.01. The van der Waals surface area contributed by atoms with Crippen LogP contribution in [-0.4, -0.2) is 195 Å². The average molecular weight is 1090 g/mol. The molecular formula is C54H89FN2O17S. The molecule has 21 atom stereocenters. The molecule has 4 saturated heterocycles. The van der Waals surface area contributed by atoms with E-state index in [1.165, 1.54) is 35.2 Å². The van der Waals surface area contributed by atoms with Gasteiger partial charge in [-0.3, -0.25) is 14.4 Å². The number of rotatable bonds is 17. The number of methoxy groups -OCH3 is 3. The first-order chi connectivity index (χ1) is 35.0. The first-order valence-corrected chi connectivity index (χ1v) is 28.4. The van der Waals surface area contributed by atoms with Crippen LogP contribution in [0.2, 0.25) is 0 Å². The number of alkyl halides is 1. The molecular weight excluding hydrogens is 1000 g/mol. The molecule has 0 saturated carbocycles. The lowest BCUT2D eigenvalue weighted by molar-refractivity contribution is -0.319. The van der Waals surface area contributed by atoms with Gasteiger partial charge in [-0.15, -0.1) is 0 Å². The van der Waals surface area contributed by atoms with Crippen LogP contribution in [-0.2, 0) is 62.1 Å². The molecule has 5 rings (SSSR count). The summed E-state index contributed by atoms with van der Waals surface area (Å²) in [5.74, 6) is -5.42. The molecule has 430 valence electrons. The zero-order valence-electron chi connectivity index (χ0n) is 46.6. The summed E-state index contributed by atoms with van der Waals surface area (Å²) in [5, 5.41) is 49.5. The summed E-state index contributed by atoms with van der Waals surface area (Å²) in [6.07, 6.45) is -11.0. The Balaban J connectivity index is 1.42. The summed E-state index contributed by atoms with van der Waals surface area (Å²) in [5.41, 5.74) is -3.07. The Morgan fingerprint density at radius 1 is 0.920 bits per heavy atom. The van der Waals surface area contributed by atoms with E-state index in [1.807, 2.05) is 24.0 Å². The molecule has 0 bridgehead atoms. The average Bonchev–Trinajstić information content (AvgIpc) is 3.75. The van der Waals surface area contributed by atoms with Gasteiger partial charge in [0.25, 0.3) is 0 Å². The Morgan fingerprint density at radius 2 is 1.56 bits per heavy atom. The third-order valence-electron chi connectivity index (χ3n) is 17.0. The van der Waals surface area contributed by atoms with E-state index < -0.39 is 154 Å². The molecule has 0 radical (unpaired) electrons. The number of likely N-dealkylation sites (N-methyl/N-ethyl adjacent to an activating group) is 1. The van der Waals surface area contributed by atoms with Gasteiger partial charge in [-0.05, 0) is 91.3 Å². The van der Waals surface area contributed by atoms with Gasteiger partial charge in [-0.25, -0.2) is 12.8 Å². The summed E-state index contributed by atoms with van der Waals surface area (Å²) >= 11 is 0. The number of halogens is 1. The number of Topliss-reactive ketones (excluding diaryl/α,β-unsaturated/α-hetero) is 1. The fourth-order valence-corrected chi connectivity index (χ4v) is 13.8. The molecule has 5 N–H and O–H groups in total. The van der Waals surface area contributed by atoms with Crippen LogP contribution in [0, 0.1) is 23.7 Å². The number of hydrogen-bond acceptors (Lipinski definition) is 18. The second-order valence-electron chi connectivity index (χ2n) is 22.6. The minimum absolute atomic E-state index is 0.00299. The van der Waals surface area contributed by atoms with E-state index in [9.17, 15) is 47.6 Å². The third kappa shape index (κ3) is 14.5. The number of nitrogens with one attached hydrogen (secondary N) is 1. The summed E-state index contributed by atoms with van der Waals surface area (Å²) in [4.78, 5) is 44.1. The van der Waals surface area contributed by atoms with Gasteiger partial charge >= 0.3 is 5.97 Å². The van der Waals surface area contributed by atoms with Gasteiger partial charge in [0.1, 0.15) is 42.5 Å². The monoisotopic (exact) mass is 1090 g/mol. The molecule has 0 aliphatic carbocycles. The fourth-order valence-electron chi connectivity index (χ4n) is 12.0. The van der Waals surface area contributed by atoms with Crippen LogP contribution in [0.1, 0.15) is 131 Å². The Bertz CT molecular complexity index is 2160. The molecule has 1 aromatic carbocycles. The molecule has 21 heteroatoms. The third-order valence-corrected chi connectivity index (χ3v) is 18.7. The van der Waals surface area contributed by atoms with Gasteiger partial charge in [0, 0.05) is 64.5 Å². The predicted molar refractivity (Wildman–Crippen MR) is 275 cm³/mol. The lowest BCUT2D eigenvalue weighted by Gasteiger charge is -2.50. The van der Waals surface area contributed by atoms with Crippen molar-refractivity contribution < 1.29 is 85.5 Å². The van der Waals surface area contributed by atoms with Gasteiger partial charge in [0.15, 0.2) is 22.4 Å². The maximum absolute atomic E-state index is 14.7. The van der Waals surface area contributed by atoms with Gasteiger partial charge < -0.3 is 68.5 Å². The first kappa shape index (κ1) is 63.1. The van der Waals surface area contributed by atoms with E-state index in [1.54, 1.807) is 67.6 Å². The van der Waals surface area contributed by atoms with E-state index in [-0.39, 0.29) is 49.7 Å². The SMILES string of the molecule is CC[C@H]1OC(=O)[C@H](C)[C@@H](O[C@H]2CC(C)(OC)[C@@H](O)[C@H](C)O2)[C@H](C)[C@@H](O[C@@H]2O[C@H](C)C[C@H](N(C)CCC(=O)N[C@H](CF)[C@H](OC)c3ccc(C4CCS(=O)(=O)C4)cc3)[C@H]2O)C(C)(OC)C[C@@H](C)C(=O)[C@H](C)[C@@H](O)C1(C)O. The largest absolute Gasteiger partial charge is 0.459 e. The van der Waals surface area contributed by atoms with Crippen molar-refractivity contribution in [1.29, 1.82) is 0 Å². The molecule has 4 unspecified atom stereocenters. The molecule has 75 heavy (non-hydrogen) atoms. The van der Waals surface area contributed by atoms with Crippen molar-refractivity contribution in [3.8, 4) is 0 Å². The predicted octanol–water partition coefficient (Wildman–Crippen LogP) is 3.94. The Morgan fingerprint density at radius 3 is 2.12 bits per heavy atom. The zero-order valence-corrected chi connectivity index (χ0v) is 47.4. The molecule has 19 nitrogen and oxygen atoms in total. The highest BCUT2D eigenvalue weighted by molar-refractivity contribution is 7.91. The summed E-state index contributed by atoms with van der Waals surface area (Å²) in [6.45, 7) is 15.8. The van der Waals surface area contributed by atoms with Crippen LogP contribution < -0.4 is 5.32 Å². The summed E-state index contributed by atoms with van der Waals surface area (Å²) < 4.78 is 89.1. The number of cyclic esters (lactones) is 1. The molecule has 4 aliphatic heterocycles.